The summed E-state index contributed by atoms with van der Waals surface area (Å²) < 4.78 is 0. The maximum Gasteiger partial charge on any atom is 1.00 e. The Hall–Kier alpha value is -0.773. The van der Waals surface area contributed by atoms with Gasteiger partial charge in [0, 0.05) is 6.20 Å². The molecular weight excluding hydrogens is 189 g/mol. The van der Waals surface area contributed by atoms with Crippen LogP contribution in [-0.2, 0) is 0 Å². The van der Waals surface area contributed by atoms with Crippen LogP contribution in [0, 0.1) is 6.08 Å². The van der Waals surface area contributed by atoms with Crippen molar-refractivity contribution in [3.63, 3.8) is 0 Å². The fourth-order valence-electron chi connectivity index (χ4n) is 1.12. The van der Waals surface area contributed by atoms with Gasteiger partial charge in [-0.15, -0.1) is 5.57 Å². The first-order chi connectivity index (χ1) is 7.47. The molecule has 1 aromatic rings. The van der Waals surface area contributed by atoms with E-state index in [0.29, 0.717) is 0 Å². The summed E-state index contributed by atoms with van der Waals surface area (Å²) in [5.41, 5.74) is 2.23. The molecule has 1 heterocycles. The molecule has 16 heavy (non-hydrogen) atoms. The van der Waals surface area contributed by atoms with E-state index in [0.717, 1.165) is 12.1 Å². The average Bonchev–Trinajstić information content (AvgIpc) is 2.89. The Kier molecular flexibility index (Phi) is 13.5. The number of allylic oxidation sites excluding steroid dienone is 4. The van der Waals surface area contributed by atoms with Gasteiger partial charge in [-0.25, -0.2) is 0 Å². The Balaban J connectivity index is 0. The Morgan fingerprint density at radius 3 is 2.25 bits per heavy atom. The van der Waals surface area contributed by atoms with Crippen molar-refractivity contribution in [2.75, 3.05) is 0 Å². The third kappa shape index (κ3) is 5.95. The van der Waals surface area contributed by atoms with Crippen LogP contribution in [-0.4, -0.2) is 4.98 Å². The first kappa shape index (κ1) is 17.6. The summed E-state index contributed by atoms with van der Waals surface area (Å²) in [6, 6.07) is 5.93. The molecule has 0 spiro atoms. The summed E-state index contributed by atoms with van der Waals surface area (Å²) in [7, 11) is 0. The van der Waals surface area contributed by atoms with Gasteiger partial charge < -0.3 is 4.98 Å². The minimum absolute atomic E-state index is 0. The summed E-state index contributed by atoms with van der Waals surface area (Å²) in [4.78, 5) is 4.22. The molecule has 0 aliphatic heterocycles. The van der Waals surface area contributed by atoms with Gasteiger partial charge in [-0.05, 0) is 11.8 Å². The Bertz CT molecular complexity index is 302. The van der Waals surface area contributed by atoms with E-state index in [-0.39, 0.29) is 18.9 Å². The molecule has 1 aliphatic rings. The van der Waals surface area contributed by atoms with Crippen LogP contribution in [0.3, 0.4) is 0 Å². The standard InChI is InChI=1S/C10H8N.2C2H6.Li/c1-2-6-9(5-1)10-7-3-4-8-11-10;2*1-2;/h1-4,7-8H,5H2;2*1-2H3;/q-1;;;+1. The minimum Gasteiger partial charge on any atom is -0.320 e. The van der Waals surface area contributed by atoms with Crippen molar-refractivity contribution in [2.24, 2.45) is 0 Å². The zero-order valence-electron chi connectivity index (χ0n) is 11.1. The first-order valence-electron chi connectivity index (χ1n) is 5.65. The topological polar surface area (TPSA) is 12.9 Å². The smallest absolute Gasteiger partial charge is 0.320 e. The molecule has 1 aliphatic carbocycles. The van der Waals surface area contributed by atoms with Crippen molar-refractivity contribution in [2.45, 2.75) is 34.1 Å². The van der Waals surface area contributed by atoms with E-state index in [1.165, 1.54) is 5.57 Å². The molecule has 0 aromatic carbocycles. The van der Waals surface area contributed by atoms with Gasteiger partial charge in [0.1, 0.15) is 0 Å². The molecule has 2 rings (SSSR count). The summed E-state index contributed by atoms with van der Waals surface area (Å²) in [5, 5.41) is 0. The summed E-state index contributed by atoms with van der Waals surface area (Å²) in [6.45, 7) is 8.00. The average molecular weight is 209 g/mol. The molecule has 0 N–H and O–H groups in total. The molecule has 0 saturated carbocycles. The monoisotopic (exact) mass is 209 g/mol. The van der Waals surface area contributed by atoms with Crippen LogP contribution in [0.5, 0.6) is 0 Å². The zero-order chi connectivity index (χ0) is 11.5. The maximum atomic E-state index is 4.22. The minimum atomic E-state index is 0. The molecule has 0 bridgehead atoms. The van der Waals surface area contributed by atoms with Gasteiger partial charge in [0.25, 0.3) is 0 Å². The molecule has 1 nitrogen and oxygen atoms in total. The number of rotatable bonds is 1. The largest absolute Gasteiger partial charge is 1.00 e. The van der Waals surface area contributed by atoms with Crippen molar-refractivity contribution in [3.8, 4) is 0 Å². The van der Waals surface area contributed by atoms with Crippen LogP contribution in [0.4, 0.5) is 0 Å². The fraction of sp³-hybridized carbons (Fsp3) is 0.357. The second-order valence-corrected chi connectivity index (χ2v) is 2.44. The molecule has 0 unspecified atom stereocenters. The normalized spacial score (nSPS) is 11.1. The van der Waals surface area contributed by atoms with Gasteiger partial charge in [0.15, 0.2) is 0 Å². The van der Waals surface area contributed by atoms with E-state index in [9.17, 15) is 0 Å². The maximum absolute atomic E-state index is 4.22. The number of nitrogens with zero attached hydrogens (tertiary/aromatic N) is 1. The van der Waals surface area contributed by atoms with Crippen molar-refractivity contribution in [1.82, 2.24) is 4.98 Å². The van der Waals surface area contributed by atoms with E-state index < -0.39 is 0 Å². The van der Waals surface area contributed by atoms with Gasteiger partial charge in [0.2, 0.25) is 0 Å². The second-order valence-electron chi connectivity index (χ2n) is 2.44. The van der Waals surface area contributed by atoms with E-state index in [1.807, 2.05) is 58.2 Å². The Morgan fingerprint density at radius 1 is 1.12 bits per heavy atom. The van der Waals surface area contributed by atoms with Crippen LogP contribution in [0.2, 0.25) is 0 Å². The molecule has 0 atom stereocenters. The van der Waals surface area contributed by atoms with Crippen molar-refractivity contribution >= 4 is 5.57 Å². The fourth-order valence-corrected chi connectivity index (χ4v) is 1.12. The summed E-state index contributed by atoms with van der Waals surface area (Å²) in [6.07, 6.45) is 9.96. The first-order valence-corrected chi connectivity index (χ1v) is 5.65. The number of hydrogen-bond donors (Lipinski definition) is 0. The van der Waals surface area contributed by atoms with Gasteiger partial charge in [-0.1, -0.05) is 46.2 Å². The van der Waals surface area contributed by atoms with Gasteiger partial charge >= 0.3 is 18.9 Å². The second kappa shape index (κ2) is 12.3. The number of hydrogen-bond acceptors (Lipinski definition) is 1. The van der Waals surface area contributed by atoms with Crippen molar-refractivity contribution in [3.05, 3.63) is 48.3 Å². The Labute approximate surface area is 112 Å². The van der Waals surface area contributed by atoms with E-state index >= 15 is 0 Å². The van der Waals surface area contributed by atoms with Crippen LogP contribution >= 0.6 is 0 Å². The van der Waals surface area contributed by atoms with Crippen molar-refractivity contribution < 1.29 is 18.9 Å². The SMILES string of the molecule is CC.CC.[C-]1=C(c2ccccn2)CC=C1.[Li+]. The molecule has 2 heteroatoms. The molecule has 0 fully saturated rings. The summed E-state index contributed by atoms with van der Waals surface area (Å²) >= 11 is 0. The van der Waals surface area contributed by atoms with Gasteiger partial charge in [-0.3, -0.25) is 0 Å². The van der Waals surface area contributed by atoms with E-state index in [1.54, 1.807) is 0 Å². The van der Waals surface area contributed by atoms with Crippen LogP contribution < -0.4 is 18.9 Å². The van der Waals surface area contributed by atoms with Gasteiger partial charge in [-0.2, -0.15) is 18.2 Å². The van der Waals surface area contributed by atoms with E-state index in [2.05, 4.69) is 17.1 Å². The zero-order valence-corrected chi connectivity index (χ0v) is 11.1. The quantitative estimate of drug-likeness (QED) is 0.501. The van der Waals surface area contributed by atoms with Crippen LogP contribution in [0.25, 0.3) is 5.57 Å². The molecule has 0 saturated heterocycles. The predicted octanol–water partition coefficient (Wildman–Crippen LogP) is 1.28. The number of pyridine rings is 1. The Morgan fingerprint density at radius 2 is 1.81 bits per heavy atom. The van der Waals surface area contributed by atoms with Crippen LogP contribution in [0.1, 0.15) is 39.8 Å². The summed E-state index contributed by atoms with van der Waals surface area (Å²) in [5.74, 6) is 0. The van der Waals surface area contributed by atoms with Crippen molar-refractivity contribution in [1.29, 1.82) is 0 Å². The molecule has 0 amide bonds. The van der Waals surface area contributed by atoms with E-state index in [4.69, 9.17) is 0 Å². The van der Waals surface area contributed by atoms with Gasteiger partial charge in [0.05, 0.1) is 0 Å². The molecule has 0 radical (unpaired) electrons. The van der Waals surface area contributed by atoms with Crippen LogP contribution in [0.15, 0.2) is 36.5 Å². The third-order valence-electron chi connectivity index (χ3n) is 1.67. The predicted molar refractivity (Wildman–Crippen MR) is 67.3 cm³/mol. The molecule has 1 aromatic heterocycles. The number of aromatic nitrogens is 1. The molecular formula is C14H20LiN. The molecule has 82 valence electrons. The third-order valence-corrected chi connectivity index (χ3v) is 1.67.